The molecular weight excluding hydrogens is 278 g/mol. The molecule has 3 aromatic rings. The second kappa shape index (κ2) is 6.10. The summed E-state index contributed by atoms with van der Waals surface area (Å²) in [5.41, 5.74) is 1.17. The first-order valence-electron chi connectivity index (χ1n) is 6.76. The number of aromatic nitrogens is 1. The van der Waals surface area contributed by atoms with Gasteiger partial charge in [0.1, 0.15) is 5.75 Å². The Kier molecular flexibility index (Phi) is 3.83. The molecule has 108 valence electrons. The molecule has 4 heteroatoms. The van der Waals surface area contributed by atoms with Crippen molar-refractivity contribution in [3.8, 4) is 5.75 Å². The minimum absolute atomic E-state index is 0.231. The van der Waals surface area contributed by atoms with Gasteiger partial charge in [0.15, 0.2) is 0 Å². The lowest BCUT2D eigenvalue weighted by molar-refractivity contribution is 0.475. The Balaban J connectivity index is 1.80. The van der Waals surface area contributed by atoms with Crippen molar-refractivity contribution in [1.82, 2.24) is 4.98 Å². The third-order valence-electron chi connectivity index (χ3n) is 3.08. The van der Waals surface area contributed by atoms with Gasteiger partial charge in [0.05, 0.1) is 10.9 Å². The fourth-order valence-electron chi connectivity index (χ4n) is 2.00. The Morgan fingerprint density at radius 3 is 2.50 bits per heavy atom. The summed E-state index contributed by atoms with van der Waals surface area (Å²) in [6.07, 6.45) is 7.05. The second-order valence-electron chi connectivity index (χ2n) is 4.67. The first-order valence-corrected chi connectivity index (χ1v) is 6.76. The maximum Gasteiger partial charge on any atom is 0.347 e. The van der Waals surface area contributed by atoms with Crippen LogP contribution in [-0.2, 0) is 0 Å². The molecule has 0 bridgehead atoms. The van der Waals surface area contributed by atoms with Gasteiger partial charge < -0.3 is 9.52 Å². The van der Waals surface area contributed by atoms with E-state index in [-0.39, 0.29) is 11.6 Å². The third kappa shape index (κ3) is 3.12. The number of nitrogens with zero attached hydrogens (tertiary/aromatic N) is 1. The molecule has 0 atom stereocenters. The van der Waals surface area contributed by atoms with E-state index in [0.29, 0.717) is 10.9 Å². The number of hydrogen-bond donors (Lipinski definition) is 1. The Hall–Kier alpha value is -3.14. The maximum absolute atomic E-state index is 11.8. The molecule has 0 radical (unpaired) electrons. The van der Waals surface area contributed by atoms with E-state index in [1.807, 2.05) is 18.2 Å². The molecule has 0 aliphatic heterocycles. The number of para-hydroxylation sites is 1. The number of phenolic OH excluding ortho intramolecular Hbond substituents is 1. The van der Waals surface area contributed by atoms with E-state index < -0.39 is 5.63 Å². The van der Waals surface area contributed by atoms with Crippen molar-refractivity contribution in [2.75, 3.05) is 0 Å². The first kappa shape index (κ1) is 13.8. The smallest absolute Gasteiger partial charge is 0.347 e. The Morgan fingerprint density at radius 1 is 0.955 bits per heavy atom. The molecule has 2 aromatic carbocycles. The zero-order valence-electron chi connectivity index (χ0n) is 11.6. The van der Waals surface area contributed by atoms with Crippen LogP contribution in [0.15, 0.2) is 69.9 Å². The summed E-state index contributed by atoms with van der Waals surface area (Å²) < 4.78 is 5.14. The van der Waals surface area contributed by atoms with Gasteiger partial charge in [-0.15, -0.1) is 0 Å². The lowest BCUT2D eigenvalue weighted by Gasteiger charge is -1.96. The number of allylic oxidation sites excluding steroid dienone is 2. The number of benzene rings is 2. The van der Waals surface area contributed by atoms with Crippen molar-refractivity contribution in [3.63, 3.8) is 0 Å². The summed E-state index contributed by atoms with van der Waals surface area (Å²) in [5.74, 6) is 0.494. The van der Waals surface area contributed by atoms with Crippen LogP contribution < -0.4 is 5.63 Å². The molecule has 0 saturated carbocycles. The van der Waals surface area contributed by atoms with Gasteiger partial charge in [0.25, 0.3) is 0 Å². The molecule has 4 nitrogen and oxygen atoms in total. The molecule has 0 amide bonds. The molecule has 22 heavy (non-hydrogen) atoms. The molecular formula is C18H13NO3. The van der Waals surface area contributed by atoms with E-state index >= 15 is 0 Å². The average Bonchev–Trinajstić information content (AvgIpc) is 2.53. The summed E-state index contributed by atoms with van der Waals surface area (Å²) >= 11 is 0. The summed E-state index contributed by atoms with van der Waals surface area (Å²) in [5, 5.41) is 9.67. The third-order valence-corrected chi connectivity index (χ3v) is 3.08. The monoisotopic (exact) mass is 291 g/mol. The molecule has 1 N–H and O–H groups in total. The highest BCUT2D eigenvalue weighted by Crippen LogP contribution is 2.11. The van der Waals surface area contributed by atoms with Gasteiger partial charge in [-0.2, -0.15) is 0 Å². The summed E-state index contributed by atoms with van der Waals surface area (Å²) in [6.45, 7) is 0. The molecule has 0 spiro atoms. The van der Waals surface area contributed by atoms with Crippen LogP contribution in [0.5, 0.6) is 5.75 Å². The van der Waals surface area contributed by atoms with Crippen LogP contribution in [0.3, 0.4) is 0 Å². The van der Waals surface area contributed by atoms with Gasteiger partial charge in [-0.3, -0.25) is 0 Å². The zero-order valence-corrected chi connectivity index (χ0v) is 11.6. The zero-order chi connectivity index (χ0) is 15.4. The van der Waals surface area contributed by atoms with Crippen LogP contribution in [0.25, 0.3) is 23.1 Å². The van der Waals surface area contributed by atoms with Gasteiger partial charge in [-0.25, -0.2) is 9.78 Å². The number of fused-ring (bicyclic) bond motifs is 1. The van der Waals surface area contributed by atoms with Gasteiger partial charge in [0.2, 0.25) is 5.89 Å². The van der Waals surface area contributed by atoms with Gasteiger partial charge in [-0.05, 0) is 29.8 Å². The quantitative estimate of drug-likeness (QED) is 0.749. The number of rotatable bonds is 3. The van der Waals surface area contributed by atoms with Crippen LogP contribution in [0.4, 0.5) is 0 Å². The molecule has 0 aliphatic carbocycles. The van der Waals surface area contributed by atoms with Crippen molar-refractivity contribution in [1.29, 1.82) is 0 Å². The highest BCUT2D eigenvalue weighted by Gasteiger charge is 2.02. The maximum atomic E-state index is 11.8. The number of hydrogen-bond acceptors (Lipinski definition) is 4. The van der Waals surface area contributed by atoms with Crippen molar-refractivity contribution in [2.24, 2.45) is 0 Å². The predicted molar refractivity (Wildman–Crippen MR) is 86.5 cm³/mol. The largest absolute Gasteiger partial charge is 0.508 e. The van der Waals surface area contributed by atoms with Crippen molar-refractivity contribution < 1.29 is 9.52 Å². The summed E-state index contributed by atoms with van der Waals surface area (Å²) in [4.78, 5) is 16.1. The Morgan fingerprint density at radius 2 is 1.68 bits per heavy atom. The lowest BCUT2D eigenvalue weighted by atomic mass is 10.2. The summed E-state index contributed by atoms with van der Waals surface area (Å²) in [7, 11) is 0. The molecule has 3 rings (SSSR count). The van der Waals surface area contributed by atoms with E-state index in [1.165, 1.54) is 0 Å². The molecule has 1 aromatic heterocycles. The van der Waals surface area contributed by atoms with Crippen molar-refractivity contribution >= 4 is 23.1 Å². The molecule has 0 unspecified atom stereocenters. The molecule has 0 saturated heterocycles. The molecule has 0 fully saturated rings. The van der Waals surface area contributed by atoms with E-state index in [1.54, 1.807) is 54.6 Å². The topological polar surface area (TPSA) is 63.3 Å². The minimum atomic E-state index is -0.396. The van der Waals surface area contributed by atoms with Crippen LogP contribution in [-0.4, -0.2) is 10.1 Å². The van der Waals surface area contributed by atoms with Crippen LogP contribution in [0.2, 0.25) is 0 Å². The molecule has 0 aliphatic rings. The highest BCUT2D eigenvalue weighted by molar-refractivity contribution is 5.77. The van der Waals surface area contributed by atoms with Gasteiger partial charge >= 0.3 is 5.63 Å². The number of aromatic hydroxyl groups is 1. The van der Waals surface area contributed by atoms with E-state index in [9.17, 15) is 9.90 Å². The van der Waals surface area contributed by atoms with E-state index in [2.05, 4.69) is 4.98 Å². The second-order valence-corrected chi connectivity index (χ2v) is 4.67. The average molecular weight is 291 g/mol. The Bertz CT molecular complexity index is 906. The van der Waals surface area contributed by atoms with Crippen LogP contribution >= 0.6 is 0 Å². The minimum Gasteiger partial charge on any atom is -0.508 e. The van der Waals surface area contributed by atoms with E-state index in [4.69, 9.17) is 4.42 Å². The van der Waals surface area contributed by atoms with Crippen LogP contribution in [0, 0.1) is 0 Å². The fraction of sp³-hybridized carbons (Fsp3) is 0. The van der Waals surface area contributed by atoms with Gasteiger partial charge in [-0.1, -0.05) is 42.5 Å². The summed E-state index contributed by atoms with van der Waals surface area (Å²) in [6, 6.07) is 13.9. The predicted octanol–water partition coefficient (Wildman–Crippen LogP) is 3.62. The normalized spacial score (nSPS) is 11.6. The fourth-order valence-corrected chi connectivity index (χ4v) is 2.00. The first-order chi connectivity index (χ1) is 10.7. The SMILES string of the molecule is O=c1oc(/C=C\C=C\c2ccc(O)cc2)nc2ccccc12. The van der Waals surface area contributed by atoms with Crippen LogP contribution in [0.1, 0.15) is 11.5 Å². The standard InChI is InChI=1S/C18H13NO3/c20-14-11-9-13(10-12-14)5-1-4-8-17-19-16-7-3-2-6-15(16)18(21)22-17/h1-12,20H/b5-1+,8-4-. The molecule has 1 heterocycles. The van der Waals surface area contributed by atoms with Crippen molar-refractivity contribution in [3.05, 3.63) is 82.6 Å². The van der Waals surface area contributed by atoms with Crippen molar-refractivity contribution in [2.45, 2.75) is 0 Å². The lowest BCUT2D eigenvalue weighted by Crippen LogP contribution is -2.02. The van der Waals surface area contributed by atoms with E-state index in [0.717, 1.165) is 5.56 Å². The Labute approximate surface area is 126 Å². The number of phenols is 1. The van der Waals surface area contributed by atoms with Gasteiger partial charge in [0, 0.05) is 6.08 Å². The highest BCUT2D eigenvalue weighted by atomic mass is 16.4.